The molecule has 0 aromatic carbocycles. The second kappa shape index (κ2) is 3.90. The molecule has 0 atom stereocenters. The van der Waals surface area contributed by atoms with Crippen LogP contribution in [0.5, 0.6) is 0 Å². The highest BCUT2D eigenvalue weighted by molar-refractivity contribution is 5.81. The summed E-state index contributed by atoms with van der Waals surface area (Å²) in [5.41, 5.74) is -0.182. The van der Waals surface area contributed by atoms with Gasteiger partial charge in [-0.2, -0.15) is 0 Å². The second-order valence-electron chi connectivity index (χ2n) is 3.88. The lowest BCUT2D eigenvalue weighted by atomic mass is 9.73. The molecule has 1 amide bonds. The Morgan fingerprint density at radius 2 is 2.00 bits per heavy atom. The number of amides is 1. The van der Waals surface area contributed by atoms with Gasteiger partial charge in [-0.15, -0.1) is 0 Å². The number of rotatable bonds is 4. The monoisotopic (exact) mass is 183 g/mol. The van der Waals surface area contributed by atoms with Gasteiger partial charge < -0.3 is 5.32 Å². The van der Waals surface area contributed by atoms with E-state index >= 15 is 0 Å². The van der Waals surface area contributed by atoms with E-state index in [4.69, 9.17) is 0 Å². The zero-order valence-electron chi connectivity index (χ0n) is 8.35. The molecule has 0 radical (unpaired) electrons. The van der Waals surface area contributed by atoms with E-state index in [1.807, 2.05) is 6.92 Å². The quantitative estimate of drug-likeness (QED) is 0.716. The molecular formula is C10H17NO2. The summed E-state index contributed by atoms with van der Waals surface area (Å²) in [4.78, 5) is 22.1. The summed E-state index contributed by atoms with van der Waals surface area (Å²) in [6, 6.07) is 0. The molecule has 0 spiro atoms. The predicted molar refractivity (Wildman–Crippen MR) is 50.3 cm³/mol. The highest BCUT2D eigenvalue weighted by Gasteiger charge is 2.38. The first-order valence-corrected chi connectivity index (χ1v) is 4.88. The number of ketones is 1. The first-order valence-electron chi connectivity index (χ1n) is 4.88. The van der Waals surface area contributed by atoms with Crippen molar-refractivity contribution in [3.05, 3.63) is 0 Å². The van der Waals surface area contributed by atoms with Crippen LogP contribution in [0.2, 0.25) is 0 Å². The third kappa shape index (κ3) is 2.54. The van der Waals surface area contributed by atoms with Crippen molar-refractivity contribution in [1.29, 1.82) is 0 Å². The van der Waals surface area contributed by atoms with Crippen molar-refractivity contribution in [3.8, 4) is 0 Å². The Hall–Kier alpha value is -0.860. The van der Waals surface area contributed by atoms with Crippen LogP contribution in [0.25, 0.3) is 0 Å². The van der Waals surface area contributed by atoms with Gasteiger partial charge in [0.1, 0.15) is 5.78 Å². The minimum atomic E-state index is -0.182. The molecule has 0 saturated heterocycles. The van der Waals surface area contributed by atoms with E-state index in [2.05, 4.69) is 5.32 Å². The van der Waals surface area contributed by atoms with Crippen LogP contribution >= 0.6 is 0 Å². The van der Waals surface area contributed by atoms with Gasteiger partial charge in [0.05, 0.1) is 0 Å². The Bertz CT molecular complexity index is 219. The lowest BCUT2D eigenvalue weighted by Crippen LogP contribution is -2.54. The highest BCUT2D eigenvalue weighted by atomic mass is 16.1. The van der Waals surface area contributed by atoms with Crippen LogP contribution in [-0.2, 0) is 9.59 Å². The van der Waals surface area contributed by atoms with E-state index in [1.165, 1.54) is 6.92 Å². The topological polar surface area (TPSA) is 46.2 Å². The predicted octanol–water partition coefficient (Wildman–Crippen LogP) is 1.41. The van der Waals surface area contributed by atoms with Crippen molar-refractivity contribution in [3.63, 3.8) is 0 Å². The van der Waals surface area contributed by atoms with Crippen LogP contribution in [0, 0.1) is 0 Å². The molecule has 0 bridgehead atoms. The fourth-order valence-corrected chi connectivity index (χ4v) is 1.83. The summed E-state index contributed by atoms with van der Waals surface area (Å²) in [5, 5.41) is 2.90. The molecule has 1 rings (SSSR count). The van der Waals surface area contributed by atoms with Gasteiger partial charge in [-0.05, 0) is 19.3 Å². The SMILES string of the molecule is CCC(=O)CC1(NC(C)=O)CCC1. The third-order valence-corrected chi connectivity index (χ3v) is 2.68. The molecule has 1 aliphatic carbocycles. The van der Waals surface area contributed by atoms with Crippen LogP contribution in [-0.4, -0.2) is 17.2 Å². The summed E-state index contributed by atoms with van der Waals surface area (Å²) in [5.74, 6) is 0.219. The van der Waals surface area contributed by atoms with E-state index in [0.29, 0.717) is 12.8 Å². The van der Waals surface area contributed by atoms with Crippen molar-refractivity contribution < 1.29 is 9.59 Å². The van der Waals surface area contributed by atoms with Crippen LogP contribution in [0.15, 0.2) is 0 Å². The Morgan fingerprint density at radius 3 is 2.31 bits per heavy atom. The van der Waals surface area contributed by atoms with E-state index in [0.717, 1.165) is 19.3 Å². The smallest absolute Gasteiger partial charge is 0.217 e. The number of Topliss-reactive ketones (excluding diaryl/α,β-unsaturated/α-hetero) is 1. The van der Waals surface area contributed by atoms with Gasteiger partial charge in [0.25, 0.3) is 0 Å². The van der Waals surface area contributed by atoms with Crippen LogP contribution < -0.4 is 5.32 Å². The molecule has 74 valence electrons. The average Bonchev–Trinajstić information content (AvgIpc) is 1.99. The van der Waals surface area contributed by atoms with Crippen LogP contribution in [0.1, 0.15) is 46.0 Å². The lowest BCUT2D eigenvalue weighted by molar-refractivity contribution is -0.125. The maximum Gasteiger partial charge on any atom is 0.217 e. The van der Waals surface area contributed by atoms with E-state index < -0.39 is 0 Å². The van der Waals surface area contributed by atoms with Crippen molar-refractivity contribution >= 4 is 11.7 Å². The number of carbonyl (C=O) groups is 2. The normalized spacial score (nSPS) is 18.9. The molecule has 1 aliphatic rings. The zero-order valence-corrected chi connectivity index (χ0v) is 8.35. The summed E-state index contributed by atoms with van der Waals surface area (Å²) >= 11 is 0. The van der Waals surface area contributed by atoms with Gasteiger partial charge in [-0.3, -0.25) is 9.59 Å². The molecule has 0 heterocycles. The number of hydrogen-bond acceptors (Lipinski definition) is 2. The van der Waals surface area contributed by atoms with Crippen molar-refractivity contribution in [2.75, 3.05) is 0 Å². The van der Waals surface area contributed by atoms with Gasteiger partial charge in [0.2, 0.25) is 5.91 Å². The zero-order chi connectivity index (χ0) is 9.90. The van der Waals surface area contributed by atoms with Gasteiger partial charge >= 0.3 is 0 Å². The third-order valence-electron chi connectivity index (χ3n) is 2.68. The Kier molecular flexibility index (Phi) is 3.07. The molecule has 0 aromatic heterocycles. The molecule has 0 aliphatic heterocycles. The Morgan fingerprint density at radius 1 is 1.38 bits per heavy atom. The Labute approximate surface area is 78.9 Å². The van der Waals surface area contributed by atoms with Crippen molar-refractivity contribution in [2.45, 2.75) is 51.5 Å². The lowest BCUT2D eigenvalue weighted by Gasteiger charge is -2.42. The molecule has 3 heteroatoms. The van der Waals surface area contributed by atoms with Gasteiger partial charge in [-0.25, -0.2) is 0 Å². The van der Waals surface area contributed by atoms with Crippen molar-refractivity contribution in [2.24, 2.45) is 0 Å². The molecular weight excluding hydrogens is 166 g/mol. The maximum absolute atomic E-state index is 11.3. The number of nitrogens with one attached hydrogen (secondary N) is 1. The van der Waals surface area contributed by atoms with E-state index in [-0.39, 0.29) is 17.2 Å². The van der Waals surface area contributed by atoms with Crippen LogP contribution in [0.3, 0.4) is 0 Å². The average molecular weight is 183 g/mol. The Balaban J connectivity index is 2.49. The van der Waals surface area contributed by atoms with Crippen molar-refractivity contribution in [1.82, 2.24) is 5.32 Å². The largest absolute Gasteiger partial charge is 0.350 e. The maximum atomic E-state index is 11.3. The number of carbonyl (C=O) groups excluding carboxylic acids is 2. The summed E-state index contributed by atoms with van der Waals surface area (Å²) in [7, 11) is 0. The molecule has 0 aromatic rings. The summed E-state index contributed by atoms with van der Waals surface area (Å²) in [6.07, 6.45) is 4.12. The van der Waals surface area contributed by atoms with Crippen LogP contribution in [0.4, 0.5) is 0 Å². The second-order valence-corrected chi connectivity index (χ2v) is 3.88. The summed E-state index contributed by atoms with van der Waals surface area (Å²) < 4.78 is 0. The minimum absolute atomic E-state index is 0.0244. The molecule has 1 N–H and O–H groups in total. The standard InChI is InChI=1S/C10H17NO2/c1-3-9(13)7-10(5-4-6-10)11-8(2)12/h3-7H2,1-2H3,(H,11,12). The molecule has 1 saturated carbocycles. The first kappa shape index (κ1) is 10.2. The molecule has 1 fully saturated rings. The molecule has 3 nitrogen and oxygen atoms in total. The van der Waals surface area contributed by atoms with E-state index in [1.54, 1.807) is 0 Å². The number of hydrogen-bond donors (Lipinski definition) is 1. The van der Waals surface area contributed by atoms with Gasteiger partial charge in [0, 0.05) is 25.3 Å². The highest BCUT2D eigenvalue weighted by Crippen LogP contribution is 2.35. The van der Waals surface area contributed by atoms with Gasteiger partial charge in [0.15, 0.2) is 0 Å². The van der Waals surface area contributed by atoms with Gasteiger partial charge in [-0.1, -0.05) is 6.92 Å². The van der Waals surface area contributed by atoms with E-state index in [9.17, 15) is 9.59 Å². The summed E-state index contributed by atoms with van der Waals surface area (Å²) in [6.45, 7) is 3.37. The molecule has 0 unspecified atom stereocenters. The first-order chi connectivity index (χ1) is 6.08. The minimum Gasteiger partial charge on any atom is -0.350 e. The fourth-order valence-electron chi connectivity index (χ4n) is 1.83. The molecule has 13 heavy (non-hydrogen) atoms. The fraction of sp³-hybridized carbons (Fsp3) is 0.800.